The van der Waals surface area contributed by atoms with E-state index in [2.05, 4.69) is 0 Å². The van der Waals surface area contributed by atoms with Crippen molar-refractivity contribution in [1.29, 1.82) is 0 Å². The Morgan fingerprint density at radius 1 is 0.786 bits per heavy atom. The zero-order valence-corrected chi connectivity index (χ0v) is 11.4. The first-order valence-corrected chi connectivity index (χ1v) is 8.65. The molecule has 0 aliphatic rings. The predicted molar refractivity (Wildman–Crippen MR) is 55.6 cm³/mol. The van der Waals surface area contributed by atoms with Gasteiger partial charge in [-0.15, -0.1) is 0 Å². The fraction of sp³-hybridized carbons (Fsp3) is 1.00. The summed E-state index contributed by atoms with van der Waals surface area (Å²) >= 11 is -4.33. The molecule has 0 aliphatic carbocycles. The molecule has 0 amide bonds. The first kappa shape index (κ1) is 14.4. The van der Waals surface area contributed by atoms with Crippen molar-refractivity contribution >= 4 is 14.7 Å². The van der Waals surface area contributed by atoms with E-state index in [-0.39, 0.29) is 0 Å². The third kappa shape index (κ3) is 6.75. The van der Waals surface area contributed by atoms with Crippen LogP contribution in [-0.4, -0.2) is 34.6 Å². The molecule has 0 radical (unpaired) electrons. The van der Waals surface area contributed by atoms with Crippen molar-refractivity contribution in [2.75, 3.05) is 19.8 Å². The van der Waals surface area contributed by atoms with Crippen molar-refractivity contribution < 1.29 is 14.8 Å². The summed E-state index contributed by atoms with van der Waals surface area (Å²) in [7, 11) is 0. The number of hydrogen-bond acceptors (Lipinski definition) is 3. The van der Waals surface area contributed by atoms with Gasteiger partial charge >= 0.3 is 89.4 Å². The van der Waals surface area contributed by atoms with Crippen LogP contribution in [0.1, 0.15) is 40.0 Å². The molecule has 0 heterocycles. The van der Waals surface area contributed by atoms with Crippen molar-refractivity contribution in [2.45, 2.75) is 40.0 Å². The second-order valence-corrected chi connectivity index (χ2v) is 6.86. The van der Waals surface area contributed by atoms with Crippen LogP contribution in [0.3, 0.4) is 0 Å². The van der Waals surface area contributed by atoms with Crippen molar-refractivity contribution in [1.82, 2.24) is 0 Å². The summed E-state index contributed by atoms with van der Waals surface area (Å²) < 4.78 is 29.1. The molecule has 0 aromatic heterocycles. The summed E-state index contributed by atoms with van der Waals surface area (Å²) in [6.45, 7) is 6.94. The molecule has 0 unspecified atom stereocenters. The predicted octanol–water partition coefficient (Wildman–Crippen LogP) is 2.67. The molecule has 0 saturated carbocycles. The molecule has 0 N–H and O–H groups in total. The van der Waals surface area contributed by atoms with Crippen molar-refractivity contribution in [3.63, 3.8) is 0 Å². The monoisotopic (exact) mass is 270 g/mol. The van der Waals surface area contributed by atoms with E-state index in [9.17, 15) is 3.50 Å². The van der Waals surface area contributed by atoms with Crippen LogP contribution in [0.2, 0.25) is 0 Å². The Kier molecular flexibility index (Phi) is 8.86. The molecule has 0 saturated heterocycles. The minimum atomic E-state index is -4.33. The normalized spacial score (nSPS) is 12.0. The van der Waals surface area contributed by atoms with Gasteiger partial charge in [0.05, 0.1) is 0 Å². The maximum atomic E-state index is 13.9. The van der Waals surface area contributed by atoms with Gasteiger partial charge in [-0.25, -0.2) is 0 Å². The Morgan fingerprint density at radius 3 is 1.29 bits per heavy atom. The van der Waals surface area contributed by atoms with Gasteiger partial charge in [0, 0.05) is 0 Å². The van der Waals surface area contributed by atoms with Gasteiger partial charge < -0.3 is 0 Å². The van der Waals surface area contributed by atoms with Gasteiger partial charge in [0.1, 0.15) is 0 Å². The van der Waals surface area contributed by atoms with E-state index in [1.807, 2.05) is 20.8 Å². The van der Waals surface area contributed by atoms with Gasteiger partial charge in [-0.2, -0.15) is 0 Å². The van der Waals surface area contributed by atoms with E-state index in [1.54, 1.807) is 0 Å². The molecule has 3 nitrogen and oxygen atoms in total. The average molecular weight is 269 g/mol. The SMILES string of the molecule is CCC[O][Ge]([F])([O]CCC)[O]CCC. The standard InChI is InChI=1S/C9H21FGeO3/c1-4-7-12-11(10,13-8-5-2)14-9-6-3/h4-9H2,1-3H3. The number of halogens is 1. The molecular formula is C9H21FGeO3. The molecule has 0 aromatic rings. The van der Waals surface area contributed by atoms with Crippen LogP contribution in [0, 0.1) is 0 Å². The van der Waals surface area contributed by atoms with Crippen LogP contribution in [0.25, 0.3) is 0 Å². The zero-order valence-electron chi connectivity index (χ0n) is 9.35. The molecule has 0 bridgehead atoms. The molecule has 14 heavy (non-hydrogen) atoms. The summed E-state index contributed by atoms with van der Waals surface area (Å²) in [5, 5.41) is 0. The Balaban J connectivity index is 3.89. The summed E-state index contributed by atoms with van der Waals surface area (Å²) in [5.41, 5.74) is 0. The van der Waals surface area contributed by atoms with E-state index >= 15 is 0 Å². The number of rotatable bonds is 9. The van der Waals surface area contributed by atoms with E-state index in [0.717, 1.165) is 19.3 Å². The summed E-state index contributed by atoms with van der Waals surface area (Å²) in [5.74, 6) is 0. The maximum absolute atomic E-state index is 13.9. The van der Waals surface area contributed by atoms with Crippen molar-refractivity contribution in [3.05, 3.63) is 0 Å². The Hall–Kier alpha value is 0.353. The molecule has 0 fully saturated rings. The van der Waals surface area contributed by atoms with Gasteiger partial charge in [0.15, 0.2) is 0 Å². The van der Waals surface area contributed by atoms with Crippen LogP contribution in [0.15, 0.2) is 0 Å². The van der Waals surface area contributed by atoms with E-state index in [0.29, 0.717) is 19.8 Å². The fourth-order valence-corrected chi connectivity index (χ4v) is 4.14. The summed E-state index contributed by atoms with van der Waals surface area (Å²) in [6, 6.07) is 0. The summed E-state index contributed by atoms with van der Waals surface area (Å²) in [6.07, 6.45) is 2.34. The van der Waals surface area contributed by atoms with Crippen LogP contribution < -0.4 is 0 Å². The quantitative estimate of drug-likeness (QED) is 0.602. The van der Waals surface area contributed by atoms with Crippen LogP contribution >= 0.6 is 0 Å². The molecule has 0 aromatic carbocycles. The number of hydrogen-bond donors (Lipinski definition) is 0. The van der Waals surface area contributed by atoms with Gasteiger partial charge in [-0.1, -0.05) is 0 Å². The van der Waals surface area contributed by atoms with E-state index < -0.39 is 14.7 Å². The Morgan fingerprint density at radius 2 is 1.07 bits per heavy atom. The third-order valence-corrected chi connectivity index (χ3v) is 4.89. The molecule has 0 rings (SSSR count). The van der Waals surface area contributed by atoms with Gasteiger partial charge in [0.25, 0.3) is 0 Å². The minimum absolute atomic E-state index is 0.379. The van der Waals surface area contributed by atoms with Crippen LogP contribution in [0.5, 0.6) is 0 Å². The van der Waals surface area contributed by atoms with Crippen LogP contribution in [-0.2, 0) is 11.3 Å². The van der Waals surface area contributed by atoms with Gasteiger partial charge in [0.2, 0.25) is 0 Å². The molecule has 0 spiro atoms. The van der Waals surface area contributed by atoms with Crippen molar-refractivity contribution in [3.8, 4) is 0 Å². The van der Waals surface area contributed by atoms with Gasteiger partial charge in [-0.05, 0) is 0 Å². The second kappa shape index (κ2) is 8.64. The second-order valence-electron chi connectivity index (χ2n) is 3.03. The van der Waals surface area contributed by atoms with E-state index in [4.69, 9.17) is 11.3 Å². The molecular weight excluding hydrogens is 248 g/mol. The Labute approximate surface area is 89.8 Å². The summed E-state index contributed by atoms with van der Waals surface area (Å²) in [4.78, 5) is 0. The zero-order chi connectivity index (χ0) is 10.9. The first-order chi connectivity index (χ1) is 6.68. The molecule has 0 atom stereocenters. The van der Waals surface area contributed by atoms with Gasteiger partial charge in [-0.3, -0.25) is 0 Å². The van der Waals surface area contributed by atoms with Crippen molar-refractivity contribution in [2.24, 2.45) is 0 Å². The first-order valence-electron chi connectivity index (χ1n) is 5.29. The van der Waals surface area contributed by atoms with Crippen LogP contribution in [0.4, 0.5) is 3.50 Å². The third-order valence-electron chi connectivity index (χ3n) is 1.44. The molecule has 86 valence electrons. The fourth-order valence-electron chi connectivity index (χ4n) is 0.797. The molecule has 5 heteroatoms. The topological polar surface area (TPSA) is 27.7 Å². The molecule has 0 aliphatic heterocycles. The van der Waals surface area contributed by atoms with E-state index in [1.165, 1.54) is 0 Å². The average Bonchev–Trinajstić information content (AvgIpc) is 2.21. The Bertz CT molecular complexity index is 113.